The van der Waals surface area contributed by atoms with Crippen molar-refractivity contribution in [2.75, 3.05) is 37.7 Å². The lowest BCUT2D eigenvalue weighted by molar-refractivity contribution is 0.164. The third-order valence-corrected chi connectivity index (χ3v) is 8.01. The molecule has 1 atom stereocenters. The third-order valence-electron chi connectivity index (χ3n) is 4.06. The van der Waals surface area contributed by atoms with Crippen molar-refractivity contribution in [1.29, 1.82) is 0 Å². The number of nitrogens with zero attached hydrogens (tertiary/aromatic N) is 2. The normalized spacial score (nSPS) is 30.4. The highest BCUT2D eigenvalue weighted by atomic mass is 32.2. The van der Waals surface area contributed by atoms with Crippen LogP contribution in [0.1, 0.15) is 19.8 Å². The molecule has 1 N–H and O–H groups in total. The summed E-state index contributed by atoms with van der Waals surface area (Å²) in [5.74, 6) is -0.0520. The quantitative estimate of drug-likeness (QED) is 0.722. The van der Waals surface area contributed by atoms with Crippen LogP contribution in [0.15, 0.2) is 0 Å². The van der Waals surface area contributed by atoms with E-state index in [1.54, 1.807) is 6.92 Å². The number of sulfone groups is 1. The van der Waals surface area contributed by atoms with Gasteiger partial charge in [0.2, 0.25) is 0 Å². The van der Waals surface area contributed by atoms with Gasteiger partial charge in [-0.3, -0.25) is 0 Å². The summed E-state index contributed by atoms with van der Waals surface area (Å²) in [6.07, 6.45) is 1.30. The van der Waals surface area contributed by atoms with E-state index >= 15 is 0 Å². The van der Waals surface area contributed by atoms with Gasteiger partial charge in [0.25, 0.3) is 10.2 Å². The summed E-state index contributed by atoms with van der Waals surface area (Å²) in [6, 6.07) is -0.519. The Morgan fingerprint density at radius 1 is 1.20 bits per heavy atom. The van der Waals surface area contributed by atoms with Crippen molar-refractivity contribution < 1.29 is 21.9 Å². The van der Waals surface area contributed by atoms with Crippen LogP contribution in [0.2, 0.25) is 0 Å². The fraction of sp³-hybridized carbons (Fsp3) is 1.00. The van der Waals surface area contributed by atoms with Crippen molar-refractivity contribution in [3.05, 3.63) is 0 Å². The Kier molecular flexibility index (Phi) is 4.75. The Balaban J connectivity index is 2.08. The summed E-state index contributed by atoms with van der Waals surface area (Å²) >= 11 is 0. The monoisotopic (exact) mass is 326 g/mol. The maximum atomic E-state index is 12.6. The van der Waals surface area contributed by atoms with Gasteiger partial charge >= 0.3 is 0 Å². The van der Waals surface area contributed by atoms with Gasteiger partial charge in [-0.15, -0.1) is 0 Å². The van der Waals surface area contributed by atoms with E-state index in [0.29, 0.717) is 25.9 Å². The van der Waals surface area contributed by atoms with E-state index < -0.39 is 26.1 Å². The lowest BCUT2D eigenvalue weighted by Crippen LogP contribution is -2.55. The van der Waals surface area contributed by atoms with Crippen LogP contribution in [0, 0.1) is 5.92 Å². The first kappa shape index (κ1) is 16.2. The summed E-state index contributed by atoms with van der Waals surface area (Å²) in [5.41, 5.74) is 0. The van der Waals surface area contributed by atoms with Gasteiger partial charge in [0.05, 0.1) is 11.5 Å². The third kappa shape index (κ3) is 3.33. The predicted molar refractivity (Wildman–Crippen MR) is 75.1 cm³/mol. The summed E-state index contributed by atoms with van der Waals surface area (Å²) < 4.78 is 50.9. The Morgan fingerprint density at radius 3 is 2.30 bits per heavy atom. The van der Waals surface area contributed by atoms with Crippen LogP contribution in [0.5, 0.6) is 0 Å². The number of aliphatic hydroxyl groups is 1. The molecule has 0 aromatic heterocycles. The molecule has 9 heteroatoms. The molecule has 0 aliphatic carbocycles. The summed E-state index contributed by atoms with van der Waals surface area (Å²) in [7, 11) is -6.72. The number of piperidine rings is 1. The molecule has 20 heavy (non-hydrogen) atoms. The minimum absolute atomic E-state index is 0.0335. The fourth-order valence-electron chi connectivity index (χ4n) is 2.80. The lowest BCUT2D eigenvalue weighted by Gasteiger charge is -2.38. The second-order valence-corrected chi connectivity index (χ2v) is 9.72. The zero-order valence-corrected chi connectivity index (χ0v) is 13.2. The van der Waals surface area contributed by atoms with Crippen LogP contribution in [0.3, 0.4) is 0 Å². The van der Waals surface area contributed by atoms with Crippen LogP contribution in [-0.2, 0) is 20.0 Å². The van der Waals surface area contributed by atoms with Gasteiger partial charge in [-0.1, -0.05) is 0 Å². The maximum absolute atomic E-state index is 12.6. The van der Waals surface area contributed by atoms with Crippen molar-refractivity contribution in [3.63, 3.8) is 0 Å². The number of rotatable bonds is 3. The van der Waals surface area contributed by atoms with Gasteiger partial charge in [-0.05, 0) is 25.7 Å². The van der Waals surface area contributed by atoms with Gasteiger partial charge in [0, 0.05) is 32.3 Å². The average Bonchev–Trinajstić information content (AvgIpc) is 2.37. The molecule has 0 spiro atoms. The van der Waals surface area contributed by atoms with Crippen molar-refractivity contribution in [3.8, 4) is 0 Å². The molecule has 118 valence electrons. The van der Waals surface area contributed by atoms with Gasteiger partial charge in [0.1, 0.15) is 0 Å². The molecule has 0 aromatic carbocycles. The summed E-state index contributed by atoms with van der Waals surface area (Å²) in [4.78, 5) is 0. The van der Waals surface area contributed by atoms with Crippen molar-refractivity contribution >= 4 is 20.0 Å². The highest BCUT2D eigenvalue weighted by Gasteiger charge is 2.39. The number of hydrogen-bond donors (Lipinski definition) is 1. The minimum Gasteiger partial charge on any atom is -0.396 e. The van der Waals surface area contributed by atoms with E-state index in [0.717, 1.165) is 0 Å². The van der Waals surface area contributed by atoms with Crippen LogP contribution in [0.25, 0.3) is 0 Å². The van der Waals surface area contributed by atoms with Crippen molar-refractivity contribution in [2.24, 2.45) is 5.92 Å². The smallest absolute Gasteiger partial charge is 0.282 e. The minimum atomic E-state index is -3.60. The highest BCUT2D eigenvalue weighted by Crippen LogP contribution is 2.24. The first-order valence-corrected chi connectivity index (χ1v) is 10.1. The Labute approximate surface area is 120 Å². The van der Waals surface area contributed by atoms with E-state index in [-0.39, 0.29) is 30.6 Å². The van der Waals surface area contributed by atoms with E-state index in [1.165, 1.54) is 8.61 Å². The predicted octanol–water partition coefficient (Wildman–Crippen LogP) is -0.946. The SMILES string of the molecule is CC1CS(=O)(=O)CCN1S(=O)(=O)N1CCC(CO)CC1. The van der Waals surface area contributed by atoms with Gasteiger partial charge < -0.3 is 5.11 Å². The van der Waals surface area contributed by atoms with Crippen LogP contribution in [0.4, 0.5) is 0 Å². The fourth-order valence-corrected chi connectivity index (χ4v) is 6.38. The van der Waals surface area contributed by atoms with Gasteiger partial charge in [0.15, 0.2) is 9.84 Å². The second-order valence-electron chi connectivity index (χ2n) is 5.61. The molecule has 2 rings (SSSR count). The molecular formula is C11H22N2O5S2. The van der Waals surface area contributed by atoms with Crippen molar-refractivity contribution in [1.82, 2.24) is 8.61 Å². The van der Waals surface area contributed by atoms with Crippen molar-refractivity contribution in [2.45, 2.75) is 25.8 Å². The molecule has 2 aliphatic rings. The largest absolute Gasteiger partial charge is 0.396 e. The molecule has 2 fully saturated rings. The topological polar surface area (TPSA) is 95.0 Å². The zero-order valence-electron chi connectivity index (χ0n) is 11.6. The second kappa shape index (κ2) is 5.88. The summed E-state index contributed by atoms with van der Waals surface area (Å²) in [6.45, 7) is 2.54. The van der Waals surface area contributed by atoms with E-state index in [4.69, 9.17) is 5.11 Å². The van der Waals surface area contributed by atoms with Crippen LogP contribution < -0.4 is 0 Å². The Bertz CT molecular complexity index is 537. The van der Waals surface area contributed by atoms with E-state index in [9.17, 15) is 16.8 Å². The molecule has 0 radical (unpaired) electrons. The molecule has 0 aromatic rings. The molecule has 2 aliphatic heterocycles. The van der Waals surface area contributed by atoms with E-state index in [1.807, 2.05) is 0 Å². The Morgan fingerprint density at radius 2 is 1.80 bits per heavy atom. The molecule has 2 saturated heterocycles. The molecule has 0 amide bonds. The van der Waals surface area contributed by atoms with Gasteiger partial charge in [-0.2, -0.15) is 17.0 Å². The lowest BCUT2D eigenvalue weighted by atomic mass is 10.00. The number of aliphatic hydroxyl groups excluding tert-OH is 1. The highest BCUT2D eigenvalue weighted by molar-refractivity contribution is 7.91. The van der Waals surface area contributed by atoms with Crippen LogP contribution >= 0.6 is 0 Å². The van der Waals surface area contributed by atoms with Crippen LogP contribution in [-0.4, -0.2) is 74.3 Å². The standard InChI is InChI=1S/C11H22N2O5S2/c1-10-9-19(15,16)7-6-13(10)20(17,18)12-4-2-11(8-14)3-5-12/h10-11,14H,2-9H2,1H3. The first-order chi connectivity index (χ1) is 9.26. The Hall–Kier alpha value is -0.220. The van der Waals surface area contributed by atoms with Gasteiger partial charge in [-0.25, -0.2) is 8.42 Å². The molecule has 0 saturated carbocycles. The molecule has 1 unspecified atom stereocenters. The maximum Gasteiger partial charge on any atom is 0.282 e. The first-order valence-electron chi connectivity index (χ1n) is 6.84. The molecule has 2 heterocycles. The summed E-state index contributed by atoms with van der Waals surface area (Å²) in [5, 5.41) is 9.08. The zero-order chi connectivity index (χ0) is 15.0. The molecular weight excluding hydrogens is 304 g/mol. The number of hydrogen-bond acceptors (Lipinski definition) is 5. The molecule has 7 nitrogen and oxygen atoms in total. The van der Waals surface area contributed by atoms with E-state index in [2.05, 4.69) is 0 Å². The molecule has 0 bridgehead atoms. The average molecular weight is 326 g/mol.